The predicted molar refractivity (Wildman–Crippen MR) is 109 cm³/mol. The molecule has 2 aromatic heterocycles. The lowest BCUT2D eigenvalue weighted by atomic mass is 10.1. The van der Waals surface area contributed by atoms with Crippen molar-refractivity contribution in [2.75, 3.05) is 11.9 Å². The topological polar surface area (TPSA) is 63.8 Å². The molecule has 0 aliphatic rings. The first-order valence-electron chi connectivity index (χ1n) is 8.62. The number of rotatable bonds is 6. The van der Waals surface area contributed by atoms with E-state index in [4.69, 9.17) is 5.73 Å². The van der Waals surface area contributed by atoms with Crippen LogP contribution in [0.15, 0.2) is 73.2 Å². The summed E-state index contributed by atoms with van der Waals surface area (Å²) in [5.74, 6) is 0. The fourth-order valence-electron chi connectivity index (χ4n) is 2.98. The van der Waals surface area contributed by atoms with E-state index in [-0.39, 0.29) is 6.04 Å². The molecule has 4 rings (SSSR count). The highest BCUT2D eigenvalue weighted by atomic mass is 32.1. The summed E-state index contributed by atoms with van der Waals surface area (Å²) in [6.45, 7) is 0.562. The number of anilines is 1. The number of nitrogens with one attached hydrogen (secondary N) is 1. The number of pyridine rings is 1. The van der Waals surface area contributed by atoms with Crippen LogP contribution in [0.2, 0.25) is 0 Å². The minimum atomic E-state index is 0.166. The van der Waals surface area contributed by atoms with E-state index in [0.29, 0.717) is 6.54 Å². The predicted octanol–water partition coefficient (Wildman–Crippen LogP) is 4.34. The summed E-state index contributed by atoms with van der Waals surface area (Å²) < 4.78 is 0. The van der Waals surface area contributed by atoms with Crippen LogP contribution in [0.3, 0.4) is 0 Å². The van der Waals surface area contributed by atoms with Gasteiger partial charge in [0.15, 0.2) is 5.13 Å². The maximum Gasteiger partial charge on any atom is 0.183 e. The van der Waals surface area contributed by atoms with Crippen LogP contribution in [0, 0.1) is 0 Å². The second-order valence-corrected chi connectivity index (χ2v) is 7.26. The van der Waals surface area contributed by atoms with E-state index in [2.05, 4.69) is 57.7 Å². The number of hydrogen-bond donors (Lipinski definition) is 2. The average Bonchev–Trinajstić information content (AvgIpc) is 3.16. The van der Waals surface area contributed by atoms with Crippen LogP contribution in [-0.4, -0.2) is 22.6 Å². The zero-order valence-corrected chi connectivity index (χ0v) is 15.1. The Labute approximate surface area is 156 Å². The monoisotopic (exact) mass is 360 g/mol. The molecule has 0 spiro atoms. The Hall–Kier alpha value is -2.76. The Balaban J connectivity index is 1.51. The lowest BCUT2D eigenvalue weighted by Crippen LogP contribution is -2.30. The molecule has 130 valence electrons. The molecule has 1 atom stereocenters. The minimum absolute atomic E-state index is 0.166. The van der Waals surface area contributed by atoms with Crippen LogP contribution in [0.25, 0.3) is 21.2 Å². The molecule has 5 heteroatoms. The molecule has 0 bridgehead atoms. The molecule has 0 aliphatic heterocycles. The van der Waals surface area contributed by atoms with E-state index < -0.39 is 0 Å². The molecule has 2 heterocycles. The molecule has 0 aliphatic carbocycles. The summed E-state index contributed by atoms with van der Waals surface area (Å²) in [7, 11) is 0. The van der Waals surface area contributed by atoms with E-state index in [0.717, 1.165) is 21.8 Å². The van der Waals surface area contributed by atoms with Gasteiger partial charge < -0.3 is 11.1 Å². The van der Waals surface area contributed by atoms with Crippen molar-refractivity contribution >= 4 is 27.2 Å². The van der Waals surface area contributed by atoms with Gasteiger partial charge in [-0.2, -0.15) is 0 Å². The zero-order chi connectivity index (χ0) is 17.8. The van der Waals surface area contributed by atoms with Gasteiger partial charge in [-0.15, -0.1) is 0 Å². The minimum Gasteiger partial charge on any atom is -0.357 e. The van der Waals surface area contributed by atoms with Crippen LogP contribution in [0.5, 0.6) is 0 Å². The normalized spacial score (nSPS) is 12.2. The Morgan fingerprint density at radius 2 is 1.88 bits per heavy atom. The maximum absolute atomic E-state index is 5.96. The Morgan fingerprint density at radius 3 is 2.73 bits per heavy atom. The van der Waals surface area contributed by atoms with Crippen molar-refractivity contribution < 1.29 is 0 Å². The first-order valence-corrected chi connectivity index (χ1v) is 9.44. The van der Waals surface area contributed by atoms with Gasteiger partial charge in [-0.25, -0.2) is 4.98 Å². The maximum atomic E-state index is 5.96. The average molecular weight is 360 g/mol. The summed E-state index contributed by atoms with van der Waals surface area (Å²) in [5.41, 5.74) is 8.40. The summed E-state index contributed by atoms with van der Waals surface area (Å²) in [5, 5.41) is 6.71. The van der Waals surface area contributed by atoms with Gasteiger partial charge in [-0.05, 0) is 35.1 Å². The fourth-order valence-corrected chi connectivity index (χ4v) is 3.87. The van der Waals surface area contributed by atoms with Gasteiger partial charge in [0.2, 0.25) is 0 Å². The second kappa shape index (κ2) is 7.64. The lowest BCUT2D eigenvalue weighted by Gasteiger charge is -2.16. The number of nitrogens with two attached hydrogens (primary N) is 1. The van der Waals surface area contributed by atoms with Gasteiger partial charge in [0.25, 0.3) is 0 Å². The first kappa shape index (κ1) is 16.7. The molecular formula is C21H20N4S. The lowest BCUT2D eigenvalue weighted by molar-refractivity contribution is 0.723. The molecule has 0 amide bonds. The molecule has 0 radical (unpaired) electrons. The fraction of sp³-hybridized carbons (Fsp3) is 0.143. The van der Waals surface area contributed by atoms with Crippen molar-refractivity contribution in [3.8, 4) is 10.4 Å². The summed E-state index contributed by atoms with van der Waals surface area (Å²) >= 11 is 1.66. The van der Waals surface area contributed by atoms with Crippen molar-refractivity contribution in [1.29, 1.82) is 0 Å². The third kappa shape index (κ3) is 3.74. The molecule has 26 heavy (non-hydrogen) atoms. The Kier molecular flexibility index (Phi) is 4.91. The molecule has 0 fully saturated rings. The van der Waals surface area contributed by atoms with Crippen LogP contribution >= 0.6 is 11.3 Å². The molecule has 1 unspecified atom stereocenters. The van der Waals surface area contributed by atoms with E-state index in [1.807, 2.05) is 30.7 Å². The van der Waals surface area contributed by atoms with Gasteiger partial charge in [-0.3, -0.25) is 4.98 Å². The number of benzene rings is 2. The van der Waals surface area contributed by atoms with Crippen LogP contribution in [0.1, 0.15) is 5.56 Å². The smallest absolute Gasteiger partial charge is 0.183 e. The van der Waals surface area contributed by atoms with E-state index in [9.17, 15) is 0 Å². The quantitative estimate of drug-likeness (QED) is 0.537. The summed E-state index contributed by atoms with van der Waals surface area (Å²) in [4.78, 5) is 9.85. The van der Waals surface area contributed by atoms with Crippen molar-refractivity contribution in [2.24, 2.45) is 5.73 Å². The molecule has 0 saturated carbocycles. The van der Waals surface area contributed by atoms with E-state index in [1.54, 1.807) is 11.3 Å². The van der Waals surface area contributed by atoms with Crippen molar-refractivity contribution in [3.63, 3.8) is 0 Å². The van der Waals surface area contributed by atoms with Gasteiger partial charge in [0, 0.05) is 36.6 Å². The van der Waals surface area contributed by atoms with Crippen LogP contribution in [0.4, 0.5) is 5.13 Å². The highest BCUT2D eigenvalue weighted by Gasteiger charge is 2.11. The summed E-state index contributed by atoms with van der Waals surface area (Å²) in [6, 6.07) is 19.0. The third-order valence-corrected chi connectivity index (χ3v) is 5.35. The standard InChI is InChI=1S/C21H20N4S/c22-12-19(10-15-4-2-1-3-5-15)25-21-24-14-20(26-21)17-6-7-18-13-23-9-8-16(18)11-17/h1-9,11,13-14,19H,10,12,22H2,(H,24,25). The summed E-state index contributed by atoms with van der Waals surface area (Å²) in [6.07, 6.45) is 6.51. The largest absolute Gasteiger partial charge is 0.357 e. The number of hydrogen-bond acceptors (Lipinski definition) is 5. The SMILES string of the molecule is NCC(Cc1ccccc1)Nc1ncc(-c2ccc3cnccc3c2)s1. The van der Waals surface area contributed by atoms with E-state index >= 15 is 0 Å². The molecule has 3 N–H and O–H groups in total. The molecule has 4 nitrogen and oxygen atoms in total. The number of aromatic nitrogens is 2. The highest BCUT2D eigenvalue weighted by Crippen LogP contribution is 2.31. The van der Waals surface area contributed by atoms with Crippen LogP contribution in [-0.2, 0) is 6.42 Å². The van der Waals surface area contributed by atoms with Crippen molar-refractivity contribution in [1.82, 2.24) is 9.97 Å². The van der Waals surface area contributed by atoms with Crippen LogP contribution < -0.4 is 11.1 Å². The molecule has 4 aromatic rings. The van der Waals surface area contributed by atoms with Gasteiger partial charge in [0.05, 0.1) is 4.88 Å². The number of fused-ring (bicyclic) bond motifs is 1. The van der Waals surface area contributed by atoms with E-state index in [1.165, 1.54) is 16.5 Å². The third-order valence-electron chi connectivity index (χ3n) is 4.37. The molecule has 0 saturated heterocycles. The van der Waals surface area contributed by atoms with Crippen molar-refractivity contribution in [2.45, 2.75) is 12.5 Å². The second-order valence-electron chi connectivity index (χ2n) is 6.23. The number of thiazole rings is 1. The van der Waals surface area contributed by atoms with Gasteiger partial charge >= 0.3 is 0 Å². The Bertz CT molecular complexity index is 997. The number of nitrogens with zero attached hydrogens (tertiary/aromatic N) is 2. The van der Waals surface area contributed by atoms with Gasteiger partial charge in [-0.1, -0.05) is 53.8 Å². The molecular weight excluding hydrogens is 340 g/mol. The van der Waals surface area contributed by atoms with Gasteiger partial charge in [0.1, 0.15) is 0 Å². The highest BCUT2D eigenvalue weighted by molar-refractivity contribution is 7.18. The first-order chi connectivity index (χ1) is 12.8. The Morgan fingerprint density at radius 1 is 1.00 bits per heavy atom. The zero-order valence-electron chi connectivity index (χ0n) is 14.3. The molecule has 2 aromatic carbocycles. The van der Waals surface area contributed by atoms with Crippen molar-refractivity contribution in [3.05, 3.63) is 78.8 Å².